The van der Waals surface area contributed by atoms with Crippen LogP contribution in [0.25, 0.3) is 10.9 Å². The maximum Gasteiger partial charge on any atom is 0.274 e. The van der Waals surface area contributed by atoms with Gasteiger partial charge >= 0.3 is 0 Å². The summed E-state index contributed by atoms with van der Waals surface area (Å²) in [5, 5.41) is 5.42. The van der Waals surface area contributed by atoms with E-state index in [0.29, 0.717) is 21.7 Å². The molecule has 0 aliphatic heterocycles. The van der Waals surface area contributed by atoms with E-state index in [9.17, 15) is 9.18 Å². The molecule has 2 aromatic heterocycles. The highest BCUT2D eigenvalue weighted by Crippen LogP contribution is 2.22. The number of carbonyl (C=O) groups is 1. The predicted octanol–water partition coefficient (Wildman–Crippen LogP) is 3.03. The number of halogens is 1. The Balaban J connectivity index is 2.03. The van der Waals surface area contributed by atoms with E-state index in [-0.39, 0.29) is 11.7 Å². The van der Waals surface area contributed by atoms with Gasteiger partial charge in [0.1, 0.15) is 11.5 Å². The van der Waals surface area contributed by atoms with E-state index in [1.165, 1.54) is 17.4 Å². The number of anilines is 1. The Morgan fingerprint density at radius 3 is 3.00 bits per heavy atom. The summed E-state index contributed by atoms with van der Waals surface area (Å²) in [4.78, 5) is 16.1. The van der Waals surface area contributed by atoms with Gasteiger partial charge in [-0.2, -0.15) is 0 Å². The minimum absolute atomic E-state index is 0.298. The fourth-order valence-electron chi connectivity index (χ4n) is 1.99. The van der Waals surface area contributed by atoms with E-state index >= 15 is 0 Å². The molecule has 3 aromatic rings. The molecule has 0 aliphatic carbocycles. The first-order valence-corrected chi connectivity index (χ1v) is 6.49. The van der Waals surface area contributed by atoms with Gasteiger partial charge in [0.05, 0.1) is 5.52 Å². The van der Waals surface area contributed by atoms with Crippen LogP contribution in [-0.2, 0) is 7.05 Å². The summed E-state index contributed by atoms with van der Waals surface area (Å²) in [5.74, 6) is -0.630. The SMILES string of the molecule is Cn1c(C(=O)Nc2nccs2)cc2c(F)cccc21. The Labute approximate surface area is 112 Å². The van der Waals surface area contributed by atoms with Crippen LogP contribution in [0, 0.1) is 5.82 Å². The van der Waals surface area contributed by atoms with E-state index in [4.69, 9.17) is 0 Å². The second kappa shape index (κ2) is 4.47. The fraction of sp³-hybridized carbons (Fsp3) is 0.0769. The number of aromatic nitrogens is 2. The van der Waals surface area contributed by atoms with E-state index in [1.807, 2.05) is 0 Å². The summed E-state index contributed by atoms with van der Waals surface area (Å²) < 4.78 is 15.3. The Hall–Kier alpha value is -2.21. The molecular formula is C13H10FN3OS. The molecule has 1 aromatic carbocycles. The average Bonchev–Trinajstić information content (AvgIpc) is 2.99. The molecule has 6 heteroatoms. The molecule has 0 atom stereocenters. The number of aryl methyl sites for hydroxylation is 1. The van der Waals surface area contributed by atoms with Gasteiger partial charge in [0.25, 0.3) is 5.91 Å². The zero-order valence-electron chi connectivity index (χ0n) is 10.1. The summed E-state index contributed by atoms with van der Waals surface area (Å²) in [6, 6.07) is 6.33. The van der Waals surface area contributed by atoms with Crippen molar-refractivity contribution < 1.29 is 9.18 Å². The van der Waals surface area contributed by atoms with Crippen molar-refractivity contribution in [3.63, 3.8) is 0 Å². The van der Waals surface area contributed by atoms with Gasteiger partial charge in [-0.15, -0.1) is 11.3 Å². The second-order valence-electron chi connectivity index (χ2n) is 4.05. The lowest BCUT2D eigenvalue weighted by molar-refractivity contribution is 0.101. The van der Waals surface area contributed by atoms with Crippen LogP contribution >= 0.6 is 11.3 Å². The van der Waals surface area contributed by atoms with Gasteiger partial charge < -0.3 is 4.57 Å². The van der Waals surface area contributed by atoms with Crippen LogP contribution in [0.1, 0.15) is 10.5 Å². The summed E-state index contributed by atoms with van der Waals surface area (Å²) in [6.07, 6.45) is 1.61. The highest BCUT2D eigenvalue weighted by molar-refractivity contribution is 7.13. The highest BCUT2D eigenvalue weighted by atomic mass is 32.1. The lowest BCUT2D eigenvalue weighted by Gasteiger charge is -2.03. The number of fused-ring (bicyclic) bond motifs is 1. The van der Waals surface area contributed by atoms with Gasteiger partial charge in [-0.25, -0.2) is 9.37 Å². The molecule has 0 radical (unpaired) electrons. The van der Waals surface area contributed by atoms with Gasteiger partial charge in [0.2, 0.25) is 0 Å². The Morgan fingerprint density at radius 1 is 1.47 bits per heavy atom. The van der Waals surface area contributed by atoms with Gasteiger partial charge in [-0.3, -0.25) is 10.1 Å². The third-order valence-electron chi connectivity index (χ3n) is 2.92. The van der Waals surface area contributed by atoms with Gasteiger partial charge in [0, 0.05) is 24.0 Å². The maximum atomic E-state index is 13.7. The monoisotopic (exact) mass is 275 g/mol. The minimum Gasteiger partial charge on any atom is -0.340 e. The van der Waals surface area contributed by atoms with Crippen LogP contribution < -0.4 is 5.32 Å². The van der Waals surface area contributed by atoms with E-state index in [1.54, 1.807) is 41.4 Å². The first kappa shape index (κ1) is 11.9. The Kier molecular flexibility index (Phi) is 2.79. The molecule has 4 nitrogen and oxygen atoms in total. The van der Waals surface area contributed by atoms with Crippen LogP contribution in [0.3, 0.4) is 0 Å². The molecule has 0 bridgehead atoms. The molecule has 1 N–H and O–H groups in total. The molecule has 0 fully saturated rings. The van der Waals surface area contributed by atoms with Crippen molar-refractivity contribution in [2.24, 2.45) is 7.05 Å². The number of carbonyl (C=O) groups excluding carboxylic acids is 1. The number of nitrogens with one attached hydrogen (secondary N) is 1. The highest BCUT2D eigenvalue weighted by Gasteiger charge is 2.15. The molecule has 0 spiro atoms. The molecule has 19 heavy (non-hydrogen) atoms. The van der Waals surface area contributed by atoms with E-state index in [2.05, 4.69) is 10.3 Å². The summed E-state index contributed by atoms with van der Waals surface area (Å²) in [5.41, 5.74) is 1.08. The predicted molar refractivity (Wildman–Crippen MR) is 72.9 cm³/mol. The summed E-state index contributed by atoms with van der Waals surface area (Å²) in [7, 11) is 1.73. The zero-order valence-corrected chi connectivity index (χ0v) is 10.9. The molecule has 1 amide bonds. The topological polar surface area (TPSA) is 46.9 Å². The molecule has 3 rings (SSSR count). The van der Waals surface area contributed by atoms with Crippen molar-refractivity contribution in [3.8, 4) is 0 Å². The molecule has 0 saturated carbocycles. The van der Waals surface area contributed by atoms with Crippen molar-refractivity contribution >= 4 is 33.3 Å². The van der Waals surface area contributed by atoms with Crippen molar-refractivity contribution in [1.82, 2.24) is 9.55 Å². The lowest BCUT2D eigenvalue weighted by Crippen LogP contribution is -2.15. The van der Waals surface area contributed by atoms with Crippen LogP contribution in [0.2, 0.25) is 0 Å². The number of hydrogen-bond donors (Lipinski definition) is 1. The minimum atomic E-state index is -0.332. The Bertz CT molecular complexity index is 749. The maximum absolute atomic E-state index is 13.7. The lowest BCUT2D eigenvalue weighted by atomic mass is 10.2. The number of amides is 1. The number of rotatable bonds is 2. The van der Waals surface area contributed by atoms with Gasteiger partial charge in [-0.1, -0.05) is 6.07 Å². The third kappa shape index (κ3) is 2.00. The van der Waals surface area contributed by atoms with Gasteiger partial charge in [0.15, 0.2) is 5.13 Å². The third-order valence-corrected chi connectivity index (χ3v) is 3.61. The second-order valence-corrected chi connectivity index (χ2v) is 4.95. The zero-order chi connectivity index (χ0) is 13.4. The van der Waals surface area contributed by atoms with E-state index in [0.717, 1.165) is 0 Å². The molecule has 0 aliphatic rings. The van der Waals surface area contributed by atoms with Crippen molar-refractivity contribution in [2.45, 2.75) is 0 Å². The quantitative estimate of drug-likeness (QED) is 0.781. The standard InChI is InChI=1S/C13H10FN3OS/c1-17-10-4-2-3-9(14)8(10)7-11(17)12(18)16-13-15-5-6-19-13/h2-7H,1H3,(H,15,16,18). The van der Waals surface area contributed by atoms with Crippen LogP contribution in [0.4, 0.5) is 9.52 Å². The van der Waals surface area contributed by atoms with Crippen molar-refractivity contribution in [2.75, 3.05) is 5.32 Å². The first-order valence-electron chi connectivity index (χ1n) is 5.61. The van der Waals surface area contributed by atoms with Crippen molar-refractivity contribution in [1.29, 1.82) is 0 Å². The number of nitrogens with zero attached hydrogens (tertiary/aromatic N) is 2. The van der Waals surface area contributed by atoms with E-state index < -0.39 is 0 Å². The molecule has 0 unspecified atom stereocenters. The van der Waals surface area contributed by atoms with Crippen LogP contribution in [0.5, 0.6) is 0 Å². The number of benzene rings is 1. The largest absolute Gasteiger partial charge is 0.340 e. The number of thiazole rings is 1. The fourth-order valence-corrected chi connectivity index (χ4v) is 2.51. The molecular weight excluding hydrogens is 265 g/mol. The average molecular weight is 275 g/mol. The Morgan fingerprint density at radius 2 is 2.32 bits per heavy atom. The van der Waals surface area contributed by atoms with Crippen molar-refractivity contribution in [3.05, 3.63) is 47.4 Å². The van der Waals surface area contributed by atoms with Crippen LogP contribution in [-0.4, -0.2) is 15.5 Å². The first-order chi connectivity index (χ1) is 9.16. The summed E-state index contributed by atoms with van der Waals surface area (Å²) in [6.45, 7) is 0. The molecule has 2 heterocycles. The smallest absolute Gasteiger partial charge is 0.274 e. The molecule has 96 valence electrons. The number of hydrogen-bond acceptors (Lipinski definition) is 3. The van der Waals surface area contributed by atoms with Gasteiger partial charge in [-0.05, 0) is 18.2 Å². The normalized spacial score (nSPS) is 10.8. The van der Waals surface area contributed by atoms with Crippen LogP contribution in [0.15, 0.2) is 35.8 Å². The summed E-state index contributed by atoms with van der Waals surface area (Å²) >= 11 is 1.34. The molecule has 0 saturated heterocycles.